The Bertz CT molecular complexity index is 967. The summed E-state index contributed by atoms with van der Waals surface area (Å²) in [6.45, 7) is 3.25. The monoisotopic (exact) mass is 349 g/mol. The number of pyridine rings is 1. The highest BCUT2D eigenvalue weighted by Gasteiger charge is 2.26. The molecule has 0 aliphatic carbocycles. The number of fused-ring (bicyclic) bond motifs is 1. The van der Waals surface area contributed by atoms with E-state index < -0.39 is 0 Å². The number of para-hydroxylation sites is 2. The molecule has 0 radical (unpaired) electrons. The summed E-state index contributed by atoms with van der Waals surface area (Å²) in [5, 5.41) is 4.52. The Kier molecular flexibility index (Phi) is 4.73. The molecule has 2 heterocycles. The molecule has 1 aromatic heterocycles. The highest BCUT2D eigenvalue weighted by Crippen LogP contribution is 2.31. The van der Waals surface area contributed by atoms with Crippen molar-refractivity contribution in [3.8, 4) is 5.75 Å². The second-order valence-corrected chi connectivity index (χ2v) is 6.64. The summed E-state index contributed by atoms with van der Waals surface area (Å²) < 4.78 is 5.56. The highest BCUT2D eigenvalue weighted by atomic mass is 16.5. The third-order valence-corrected chi connectivity index (χ3v) is 5.06. The number of rotatable bonds is 4. The Balaban J connectivity index is 1.67. The van der Waals surface area contributed by atoms with Crippen LogP contribution in [0.1, 0.15) is 17.2 Å². The largest absolute Gasteiger partial charge is 0.496 e. The quantitative estimate of drug-likeness (QED) is 0.760. The summed E-state index contributed by atoms with van der Waals surface area (Å²) in [5.41, 5.74) is 2.81. The van der Waals surface area contributed by atoms with Gasteiger partial charge in [0, 0.05) is 42.8 Å². The molecular weight excluding hydrogens is 326 g/mol. The van der Waals surface area contributed by atoms with E-state index in [1.165, 1.54) is 0 Å². The second-order valence-electron chi connectivity index (χ2n) is 6.64. The van der Waals surface area contributed by atoms with Crippen LogP contribution in [0.25, 0.3) is 10.9 Å². The Morgan fingerprint density at radius 1 is 1.15 bits per heavy atom. The van der Waals surface area contributed by atoms with Gasteiger partial charge in [0.2, 0.25) is 0 Å². The average Bonchev–Trinajstić information content (AvgIpc) is 2.69. The average molecular weight is 349 g/mol. The van der Waals surface area contributed by atoms with Crippen LogP contribution in [0, 0.1) is 0 Å². The molecule has 1 fully saturated rings. The molecule has 1 unspecified atom stereocenters. The lowest BCUT2D eigenvalue weighted by Crippen LogP contribution is -2.46. The minimum absolute atomic E-state index is 0.0130. The first-order valence-electron chi connectivity index (χ1n) is 8.95. The van der Waals surface area contributed by atoms with Crippen LogP contribution in [0.4, 0.5) is 0 Å². The first-order chi connectivity index (χ1) is 12.8. The van der Waals surface area contributed by atoms with Gasteiger partial charge in [-0.1, -0.05) is 36.4 Å². The summed E-state index contributed by atoms with van der Waals surface area (Å²) in [6.07, 6.45) is 0. The van der Waals surface area contributed by atoms with E-state index in [0.717, 1.165) is 47.4 Å². The van der Waals surface area contributed by atoms with Gasteiger partial charge in [0.05, 0.1) is 13.2 Å². The molecule has 0 spiro atoms. The van der Waals surface area contributed by atoms with Crippen LogP contribution in [0.5, 0.6) is 5.75 Å². The third-order valence-electron chi connectivity index (χ3n) is 5.06. The van der Waals surface area contributed by atoms with Crippen molar-refractivity contribution in [2.75, 3.05) is 26.7 Å². The molecule has 1 aliphatic heterocycles. The molecule has 3 aromatic rings. The van der Waals surface area contributed by atoms with Crippen LogP contribution in [0.3, 0.4) is 0 Å². The molecule has 2 N–H and O–H groups in total. The Morgan fingerprint density at radius 2 is 1.96 bits per heavy atom. The van der Waals surface area contributed by atoms with Gasteiger partial charge < -0.3 is 15.0 Å². The number of piperazine rings is 1. The molecule has 5 heteroatoms. The van der Waals surface area contributed by atoms with Gasteiger partial charge in [-0.25, -0.2) is 0 Å². The fraction of sp³-hybridized carbons (Fsp3) is 0.286. The zero-order valence-electron chi connectivity index (χ0n) is 14.9. The molecule has 0 saturated carbocycles. The summed E-state index contributed by atoms with van der Waals surface area (Å²) in [6, 6.07) is 18.2. The maximum Gasteiger partial charge on any atom is 0.252 e. The van der Waals surface area contributed by atoms with Crippen LogP contribution in [0.15, 0.2) is 59.4 Å². The Labute approximate surface area is 152 Å². The number of benzene rings is 2. The zero-order valence-corrected chi connectivity index (χ0v) is 14.9. The van der Waals surface area contributed by atoms with Gasteiger partial charge in [-0.15, -0.1) is 0 Å². The standard InChI is InChI=1S/C21H23N3O2/c1-26-20-9-5-3-7-17(20)19-13-22-10-11-24(19)14-16-12-15-6-2-4-8-18(15)23-21(16)25/h2-9,12,19,22H,10-11,13-14H2,1H3,(H,23,25). The molecular formula is C21H23N3O2. The summed E-state index contributed by atoms with van der Waals surface area (Å²) in [7, 11) is 1.70. The molecule has 1 saturated heterocycles. The fourth-order valence-corrected chi connectivity index (χ4v) is 3.71. The SMILES string of the molecule is COc1ccccc1C1CNCCN1Cc1cc2ccccc2[nH]c1=O. The number of nitrogens with zero attached hydrogens (tertiary/aromatic N) is 1. The fourth-order valence-electron chi connectivity index (χ4n) is 3.71. The van der Waals surface area contributed by atoms with Crippen molar-refractivity contribution >= 4 is 10.9 Å². The number of aromatic amines is 1. The smallest absolute Gasteiger partial charge is 0.252 e. The van der Waals surface area contributed by atoms with Crippen LogP contribution < -0.4 is 15.6 Å². The summed E-state index contributed by atoms with van der Waals surface area (Å²) in [4.78, 5) is 17.9. The number of hydrogen-bond donors (Lipinski definition) is 2. The number of methoxy groups -OCH3 is 1. The predicted octanol–water partition coefficient (Wildman–Crippen LogP) is 2.68. The van der Waals surface area contributed by atoms with Crippen LogP contribution >= 0.6 is 0 Å². The maximum atomic E-state index is 12.6. The van der Waals surface area contributed by atoms with Crippen molar-refractivity contribution in [3.05, 3.63) is 76.1 Å². The lowest BCUT2D eigenvalue weighted by atomic mass is 10.0. The number of aromatic nitrogens is 1. The van der Waals surface area contributed by atoms with E-state index in [-0.39, 0.29) is 11.6 Å². The first kappa shape index (κ1) is 16.8. The number of H-pyrrole nitrogens is 1. The van der Waals surface area contributed by atoms with Gasteiger partial charge in [0.25, 0.3) is 5.56 Å². The molecule has 1 aliphatic rings. The van der Waals surface area contributed by atoms with E-state index >= 15 is 0 Å². The summed E-state index contributed by atoms with van der Waals surface area (Å²) in [5.74, 6) is 0.888. The second kappa shape index (κ2) is 7.32. The van der Waals surface area contributed by atoms with Crippen molar-refractivity contribution in [2.24, 2.45) is 0 Å². The van der Waals surface area contributed by atoms with Crippen LogP contribution in [0.2, 0.25) is 0 Å². The maximum absolute atomic E-state index is 12.6. The molecule has 26 heavy (non-hydrogen) atoms. The van der Waals surface area contributed by atoms with Crippen LogP contribution in [-0.2, 0) is 6.54 Å². The normalized spacial score (nSPS) is 18.1. The van der Waals surface area contributed by atoms with E-state index in [2.05, 4.69) is 21.3 Å². The van der Waals surface area contributed by atoms with Crippen molar-refractivity contribution in [3.63, 3.8) is 0 Å². The van der Waals surface area contributed by atoms with Gasteiger partial charge >= 0.3 is 0 Å². The van der Waals surface area contributed by atoms with E-state index in [4.69, 9.17) is 4.74 Å². The number of ether oxygens (including phenoxy) is 1. The lowest BCUT2D eigenvalue weighted by Gasteiger charge is -2.37. The first-order valence-corrected chi connectivity index (χ1v) is 8.95. The minimum atomic E-state index is -0.0130. The zero-order chi connectivity index (χ0) is 17.9. The van der Waals surface area contributed by atoms with Gasteiger partial charge in [-0.3, -0.25) is 9.69 Å². The van der Waals surface area contributed by atoms with Crippen molar-refractivity contribution < 1.29 is 4.74 Å². The van der Waals surface area contributed by atoms with Crippen molar-refractivity contribution in [2.45, 2.75) is 12.6 Å². The van der Waals surface area contributed by atoms with Crippen LogP contribution in [-0.4, -0.2) is 36.6 Å². The van der Waals surface area contributed by atoms with E-state index in [9.17, 15) is 4.79 Å². The summed E-state index contributed by atoms with van der Waals surface area (Å²) >= 11 is 0. The molecule has 0 bridgehead atoms. The minimum Gasteiger partial charge on any atom is -0.496 e. The van der Waals surface area contributed by atoms with E-state index in [1.807, 2.05) is 48.5 Å². The topological polar surface area (TPSA) is 57.4 Å². The predicted molar refractivity (Wildman–Crippen MR) is 104 cm³/mol. The number of hydrogen-bond acceptors (Lipinski definition) is 4. The lowest BCUT2D eigenvalue weighted by molar-refractivity contribution is 0.150. The van der Waals surface area contributed by atoms with E-state index in [1.54, 1.807) is 7.11 Å². The van der Waals surface area contributed by atoms with Gasteiger partial charge in [0.15, 0.2) is 0 Å². The van der Waals surface area contributed by atoms with Gasteiger partial charge in [-0.2, -0.15) is 0 Å². The molecule has 5 nitrogen and oxygen atoms in total. The van der Waals surface area contributed by atoms with Crippen molar-refractivity contribution in [1.29, 1.82) is 0 Å². The Hall–Kier alpha value is -2.63. The van der Waals surface area contributed by atoms with Gasteiger partial charge in [0.1, 0.15) is 5.75 Å². The molecule has 0 amide bonds. The molecule has 1 atom stereocenters. The van der Waals surface area contributed by atoms with Crippen molar-refractivity contribution in [1.82, 2.24) is 15.2 Å². The molecule has 4 rings (SSSR count). The number of nitrogens with one attached hydrogen (secondary N) is 2. The highest BCUT2D eigenvalue weighted by molar-refractivity contribution is 5.78. The molecule has 2 aromatic carbocycles. The van der Waals surface area contributed by atoms with E-state index in [0.29, 0.717) is 6.54 Å². The molecule has 134 valence electrons. The van der Waals surface area contributed by atoms with Gasteiger partial charge in [-0.05, 0) is 23.6 Å². The third kappa shape index (κ3) is 3.23. The Morgan fingerprint density at radius 3 is 2.85 bits per heavy atom.